The van der Waals surface area contributed by atoms with Gasteiger partial charge in [0.2, 0.25) is 0 Å². The van der Waals surface area contributed by atoms with Gasteiger partial charge in [-0.25, -0.2) is 11.6 Å². The summed E-state index contributed by atoms with van der Waals surface area (Å²) in [6, 6.07) is 0. The van der Waals surface area contributed by atoms with E-state index in [2.05, 4.69) is 24.8 Å². The predicted octanol–water partition coefficient (Wildman–Crippen LogP) is 2.25. The summed E-state index contributed by atoms with van der Waals surface area (Å²) in [4.78, 5) is 0. The number of hydrogen-bond donors (Lipinski definition) is 0. The fourth-order valence-electron chi connectivity index (χ4n) is 0.746. The zero-order valence-electron chi connectivity index (χ0n) is 5.26. The maximum absolute atomic E-state index is 3.63. The summed E-state index contributed by atoms with van der Waals surface area (Å²) in [6.45, 7) is 3.63. The van der Waals surface area contributed by atoms with Crippen molar-refractivity contribution in [1.82, 2.24) is 0 Å². The predicted molar refractivity (Wildman–Crippen MR) is 35.3 cm³/mol. The molecule has 0 radical (unpaired) electrons. The van der Waals surface area contributed by atoms with Crippen molar-refractivity contribution in [3.05, 3.63) is 36.5 Å². The summed E-state index contributed by atoms with van der Waals surface area (Å²) < 4.78 is 0. The first-order valence-corrected chi connectivity index (χ1v) is 2.80. The van der Waals surface area contributed by atoms with Crippen LogP contribution in [0.3, 0.4) is 0 Å². The van der Waals surface area contributed by atoms with Gasteiger partial charge >= 0.3 is 0 Å². The van der Waals surface area contributed by atoms with E-state index in [0.29, 0.717) is 0 Å². The van der Waals surface area contributed by atoms with Crippen molar-refractivity contribution in [2.75, 3.05) is 0 Å². The Morgan fingerprint density at radius 1 is 1.78 bits per heavy atom. The normalized spacial score (nSPS) is 14.4. The minimum absolute atomic E-state index is 0. The number of allylic oxidation sites excluding steroid dienone is 5. The Balaban J connectivity index is 0.000000640. The molecule has 1 heteroatoms. The molecule has 0 fully saturated rings. The van der Waals surface area contributed by atoms with Crippen LogP contribution in [0.1, 0.15) is 12.8 Å². The van der Waals surface area contributed by atoms with Gasteiger partial charge in [0.1, 0.15) is 0 Å². The molecule has 0 saturated carbocycles. The molecule has 0 spiro atoms. The standard InChI is InChI=1S/C8H9.W/c1-2-5-8-6-3-4-7-8;/h2-3,6H,1,4-5H2;/q-1;. The third kappa shape index (κ3) is 2.81. The van der Waals surface area contributed by atoms with Crippen LogP contribution in [0, 0.1) is 6.08 Å². The number of rotatable bonds is 2. The van der Waals surface area contributed by atoms with E-state index in [1.165, 1.54) is 5.57 Å². The van der Waals surface area contributed by atoms with Crippen LogP contribution in [-0.2, 0) is 21.1 Å². The molecule has 9 heavy (non-hydrogen) atoms. The minimum atomic E-state index is 0. The summed E-state index contributed by atoms with van der Waals surface area (Å²) in [7, 11) is 0. The molecular formula is C8H9W-. The van der Waals surface area contributed by atoms with Gasteiger partial charge in [0.25, 0.3) is 0 Å². The van der Waals surface area contributed by atoms with Gasteiger partial charge in [-0.3, -0.25) is 6.08 Å². The largest absolute Gasteiger partial charge is 0.269 e. The molecule has 1 aliphatic carbocycles. The monoisotopic (exact) mass is 289 g/mol. The average molecular weight is 289 g/mol. The molecule has 1 rings (SSSR count). The molecule has 0 atom stereocenters. The van der Waals surface area contributed by atoms with Crippen molar-refractivity contribution >= 4 is 0 Å². The zero-order chi connectivity index (χ0) is 5.82. The molecule has 0 amide bonds. The Morgan fingerprint density at radius 2 is 2.56 bits per heavy atom. The smallest absolute Gasteiger partial charge is 0 e. The minimum Gasteiger partial charge on any atom is -0.269 e. The van der Waals surface area contributed by atoms with Crippen molar-refractivity contribution in [3.63, 3.8) is 0 Å². The third-order valence-corrected chi connectivity index (χ3v) is 1.13. The van der Waals surface area contributed by atoms with Gasteiger partial charge in [-0.1, -0.05) is 6.08 Å². The second kappa shape index (κ2) is 4.76. The molecule has 0 bridgehead atoms. The average Bonchev–Trinajstić information content (AvgIpc) is 2.19. The first-order valence-electron chi connectivity index (χ1n) is 2.80. The summed E-state index contributed by atoms with van der Waals surface area (Å²) in [6.07, 6.45) is 11.3. The van der Waals surface area contributed by atoms with Gasteiger partial charge < -0.3 is 0 Å². The van der Waals surface area contributed by atoms with Crippen LogP contribution in [-0.4, -0.2) is 0 Å². The van der Waals surface area contributed by atoms with Crippen LogP contribution in [0.5, 0.6) is 0 Å². The Bertz CT molecular complexity index is 143. The maximum atomic E-state index is 3.63. The van der Waals surface area contributed by atoms with E-state index in [1.807, 2.05) is 6.08 Å². The fraction of sp³-hybridized carbons (Fsp3) is 0.250. The molecule has 0 aromatic carbocycles. The summed E-state index contributed by atoms with van der Waals surface area (Å²) in [5.74, 6) is 0. The van der Waals surface area contributed by atoms with Gasteiger partial charge in [-0.2, -0.15) is 6.08 Å². The van der Waals surface area contributed by atoms with Crippen LogP contribution in [0.2, 0.25) is 0 Å². The van der Waals surface area contributed by atoms with E-state index in [0.717, 1.165) is 12.8 Å². The van der Waals surface area contributed by atoms with Crippen LogP contribution < -0.4 is 0 Å². The van der Waals surface area contributed by atoms with Crippen molar-refractivity contribution in [2.24, 2.45) is 0 Å². The van der Waals surface area contributed by atoms with Crippen LogP contribution in [0.25, 0.3) is 0 Å². The van der Waals surface area contributed by atoms with E-state index in [-0.39, 0.29) is 21.1 Å². The zero-order valence-corrected chi connectivity index (χ0v) is 8.20. The third-order valence-electron chi connectivity index (χ3n) is 1.13. The van der Waals surface area contributed by atoms with Gasteiger partial charge in [0.15, 0.2) is 0 Å². The van der Waals surface area contributed by atoms with Crippen molar-refractivity contribution in [1.29, 1.82) is 0 Å². The van der Waals surface area contributed by atoms with Crippen molar-refractivity contribution < 1.29 is 21.1 Å². The van der Waals surface area contributed by atoms with Crippen molar-refractivity contribution in [3.8, 4) is 0 Å². The molecular weight excluding hydrogens is 280 g/mol. The van der Waals surface area contributed by atoms with E-state index >= 15 is 0 Å². The maximum Gasteiger partial charge on any atom is 0 e. The SMILES string of the molecule is C=CCC1=[C-]CC=C1.[W]. The van der Waals surface area contributed by atoms with E-state index in [9.17, 15) is 0 Å². The second-order valence-electron chi connectivity index (χ2n) is 1.80. The van der Waals surface area contributed by atoms with Crippen LogP contribution in [0.15, 0.2) is 30.4 Å². The summed E-state index contributed by atoms with van der Waals surface area (Å²) in [5.41, 5.74) is 1.28. The fourth-order valence-corrected chi connectivity index (χ4v) is 0.746. The first-order chi connectivity index (χ1) is 3.93. The number of hydrogen-bond acceptors (Lipinski definition) is 0. The Labute approximate surface area is 70.6 Å². The van der Waals surface area contributed by atoms with Gasteiger partial charge in [-0.05, 0) is 6.42 Å². The molecule has 0 nitrogen and oxygen atoms in total. The second-order valence-corrected chi connectivity index (χ2v) is 1.80. The molecule has 48 valence electrons. The molecule has 0 heterocycles. The summed E-state index contributed by atoms with van der Waals surface area (Å²) in [5, 5.41) is 0. The molecule has 0 aliphatic heterocycles. The Morgan fingerprint density at radius 3 is 3.00 bits per heavy atom. The molecule has 0 saturated heterocycles. The van der Waals surface area contributed by atoms with Crippen LogP contribution >= 0.6 is 0 Å². The molecule has 1 aliphatic rings. The Kier molecular flexibility index (Phi) is 4.71. The van der Waals surface area contributed by atoms with Gasteiger partial charge in [-0.15, -0.1) is 13.0 Å². The van der Waals surface area contributed by atoms with Gasteiger partial charge in [0, 0.05) is 21.1 Å². The van der Waals surface area contributed by atoms with E-state index in [4.69, 9.17) is 0 Å². The molecule has 0 aromatic heterocycles. The Hall–Kier alpha value is -0.0917. The topological polar surface area (TPSA) is 0 Å². The molecule has 0 unspecified atom stereocenters. The van der Waals surface area contributed by atoms with Gasteiger partial charge in [0.05, 0.1) is 0 Å². The molecule has 0 N–H and O–H groups in total. The first kappa shape index (κ1) is 8.91. The quantitative estimate of drug-likeness (QED) is 0.540. The van der Waals surface area contributed by atoms with E-state index in [1.54, 1.807) is 0 Å². The van der Waals surface area contributed by atoms with E-state index < -0.39 is 0 Å². The van der Waals surface area contributed by atoms with Crippen LogP contribution in [0.4, 0.5) is 0 Å². The molecule has 0 aromatic rings. The summed E-state index contributed by atoms with van der Waals surface area (Å²) >= 11 is 0. The van der Waals surface area contributed by atoms with Crippen molar-refractivity contribution in [2.45, 2.75) is 12.8 Å².